The summed E-state index contributed by atoms with van der Waals surface area (Å²) in [6.45, 7) is 0. The number of nitrogens with zero attached hydrogens (tertiary/aromatic N) is 1. The third-order valence-corrected chi connectivity index (χ3v) is 5.44. The molecule has 5 heteroatoms. The molecule has 0 spiro atoms. The SMILES string of the molecule is NC(=O)c1ccc(C#Cc2ccncc2)c(CC2(NC3CC3)CCC2)c1F. The Kier molecular flexibility index (Phi) is 4.67. The molecule has 2 aromatic rings. The molecule has 4 nitrogen and oxygen atoms in total. The largest absolute Gasteiger partial charge is 0.366 e. The Morgan fingerprint density at radius 1 is 1.22 bits per heavy atom. The van der Waals surface area contributed by atoms with Gasteiger partial charge in [-0.3, -0.25) is 9.78 Å². The molecule has 0 saturated heterocycles. The molecule has 2 fully saturated rings. The maximum Gasteiger partial charge on any atom is 0.251 e. The number of aromatic nitrogens is 1. The highest BCUT2D eigenvalue weighted by Crippen LogP contribution is 2.39. The number of halogens is 1. The van der Waals surface area contributed by atoms with Gasteiger partial charge in [-0.1, -0.05) is 11.8 Å². The van der Waals surface area contributed by atoms with Crippen LogP contribution < -0.4 is 11.1 Å². The molecule has 0 bridgehead atoms. The zero-order chi connectivity index (χ0) is 18.9. The van der Waals surface area contributed by atoms with E-state index in [1.165, 1.54) is 18.9 Å². The van der Waals surface area contributed by atoms with Crippen LogP contribution in [0.4, 0.5) is 4.39 Å². The zero-order valence-corrected chi connectivity index (χ0v) is 15.1. The lowest BCUT2D eigenvalue weighted by atomic mass is 9.71. The minimum absolute atomic E-state index is 0.0691. The predicted molar refractivity (Wildman–Crippen MR) is 102 cm³/mol. The number of hydrogen-bond donors (Lipinski definition) is 2. The van der Waals surface area contributed by atoms with Crippen molar-refractivity contribution in [1.82, 2.24) is 10.3 Å². The number of carbonyl (C=O) groups excluding carboxylic acids is 1. The third kappa shape index (κ3) is 3.86. The predicted octanol–water partition coefficient (Wildman–Crippen LogP) is 2.94. The Morgan fingerprint density at radius 3 is 2.56 bits per heavy atom. The summed E-state index contributed by atoms with van der Waals surface area (Å²) in [7, 11) is 0. The molecule has 27 heavy (non-hydrogen) atoms. The molecule has 0 atom stereocenters. The van der Waals surface area contributed by atoms with E-state index in [0.29, 0.717) is 23.6 Å². The average Bonchev–Trinajstić information content (AvgIpc) is 3.44. The van der Waals surface area contributed by atoms with Crippen molar-refractivity contribution in [2.24, 2.45) is 5.73 Å². The van der Waals surface area contributed by atoms with E-state index in [2.05, 4.69) is 22.1 Å². The normalized spacial score (nSPS) is 17.5. The number of carbonyl (C=O) groups is 1. The van der Waals surface area contributed by atoms with Gasteiger partial charge in [0.1, 0.15) is 5.82 Å². The van der Waals surface area contributed by atoms with Crippen molar-refractivity contribution < 1.29 is 9.18 Å². The number of pyridine rings is 1. The summed E-state index contributed by atoms with van der Waals surface area (Å²) in [4.78, 5) is 15.6. The molecular weight excluding hydrogens is 341 g/mol. The van der Waals surface area contributed by atoms with Gasteiger partial charge in [-0.15, -0.1) is 0 Å². The van der Waals surface area contributed by atoms with Crippen LogP contribution in [0.5, 0.6) is 0 Å². The summed E-state index contributed by atoms with van der Waals surface area (Å²) in [6, 6.07) is 7.29. The van der Waals surface area contributed by atoms with Gasteiger partial charge in [0.15, 0.2) is 0 Å². The zero-order valence-electron chi connectivity index (χ0n) is 15.1. The molecule has 2 aliphatic rings. The number of rotatable bonds is 5. The molecule has 138 valence electrons. The lowest BCUT2D eigenvalue weighted by molar-refractivity contribution is 0.0995. The molecule has 1 amide bonds. The fourth-order valence-electron chi connectivity index (χ4n) is 3.65. The smallest absolute Gasteiger partial charge is 0.251 e. The molecule has 4 rings (SSSR count). The Balaban J connectivity index is 1.71. The lowest BCUT2D eigenvalue weighted by Gasteiger charge is -2.43. The molecule has 0 unspecified atom stereocenters. The summed E-state index contributed by atoms with van der Waals surface area (Å²) in [5, 5.41) is 3.69. The van der Waals surface area contributed by atoms with Crippen molar-refractivity contribution in [2.45, 2.75) is 50.1 Å². The first kappa shape index (κ1) is 17.7. The number of benzene rings is 1. The van der Waals surface area contributed by atoms with Crippen molar-refractivity contribution in [3.63, 3.8) is 0 Å². The highest BCUT2D eigenvalue weighted by molar-refractivity contribution is 5.93. The average molecular weight is 363 g/mol. The molecule has 0 radical (unpaired) electrons. The van der Waals surface area contributed by atoms with E-state index in [4.69, 9.17) is 5.73 Å². The van der Waals surface area contributed by atoms with E-state index in [1.54, 1.807) is 18.5 Å². The number of hydrogen-bond acceptors (Lipinski definition) is 3. The van der Waals surface area contributed by atoms with E-state index in [1.807, 2.05) is 12.1 Å². The highest BCUT2D eigenvalue weighted by Gasteiger charge is 2.42. The summed E-state index contributed by atoms with van der Waals surface area (Å²) >= 11 is 0. The second kappa shape index (κ2) is 7.13. The van der Waals surface area contributed by atoms with Gasteiger partial charge >= 0.3 is 0 Å². The second-order valence-corrected chi connectivity index (χ2v) is 7.53. The van der Waals surface area contributed by atoms with Gasteiger partial charge in [0, 0.05) is 40.7 Å². The monoisotopic (exact) mass is 363 g/mol. The van der Waals surface area contributed by atoms with Gasteiger partial charge in [-0.2, -0.15) is 0 Å². The molecule has 1 aromatic carbocycles. The van der Waals surface area contributed by atoms with Gasteiger partial charge in [0.05, 0.1) is 5.56 Å². The number of primary amides is 1. The minimum atomic E-state index is -0.750. The summed E-state index contributed by atoms with van der Waals surface area (Å²) in [5.74, 6) is 4.85. The van der Waals surface area contributed by atoms with Crippen molar-refractivity contribution in [3.05, 3.63) is 64.7 Å². The van der Waals surface area contributed by atoms with Crippen LogP contribution in [0.3, 0.4) is 0 Å². The van der Waals surface area contributed by atoms with E-state index in [-0.39, 0.29) is 11.1 Å². The Bertz CT molecular complexity index is 922. The quantitative estimate of drug-likeness (QED) is 0.803. The molecular formula is C22H22FN3O. The van der Waals surface area contributed by atoms with E-state index in [0.717, 1.165) is 24.8 Å². The summed E-state index contributed by atoms with van der Waals surface area (Å²) in [5.41, 5.74) is 7.11. The maximum atomic E-state index is 15.1. The number of nitrogens with one attached hydrogen (secondary N) is 1. The number of nitrogens with two attached hydrogens (primary N) is 1. The van der Waals surface area contributed by atoms with Crippen LogP contribution in [0.25, 0.3) is 0 Å². The van der Waals surface area contributed by atoms with E-state index < -0.39 is 11.7 Å². The molecule has 2 saturated carbocycles. The van der Waals surface area contributed by atoms with Gasteiger partial charge in [-0.05, 0) is 62.8 Å². The Hall–Kier alpha value is -2.71. The molecule has 0 aliphatic heterocycles. The van der Waals surface area contributed by atoms with E-state index in [9.17, 15) is 4.79 Å². The van der Waals surface area contributed by atoms with Gasteiger partial charge in [0.2, 0.25) is 0 Å². The first-order chi connectivity index (χ1) is 13.1. The van der Waals surface area contributed by atoms with Crippen LogP contribution in [-0.2, 0) is 6.42 Å². The van der Waals surface area contributed by atoms with Gasteiger partial charge in [-0.25, -0.2) is 4.39 Å². The molecule has 3 N–H and O–H groups in total. The topological polar surface area (TPSA) is 68.0 Å². The molecule has 1 heterocycles. The maximum absolute atomic E-state index is 15.1. The van der Waals surface area contributed by atoms with Crippen LogP contribution in [0.15, 0.2) is 36.7 Å². The number of amides is 1. The summed E-state index contributed by atoms with van der Waals surface area (Å²) < 4.78 is 15.1. The van der Waals surface area contributed by atoms with Crippen molar-refractivity contribution in [3.8, 4) is 11.8 Å². The Morgan fingerprint density at radius 2 is 1.96 bits per heavy atom. The van der Waals surface area contributed by atoms with Crippen LogP contribution in [0.2, 0.25) is 0 Å². The molecule has 1 aromatic heterocycles. The van der Waals surface area contributed by atoms with Crippen molar-refractivity contribution in [2.75, 3.05) is 0 Å². The second-order valence-electron chi connectivity index (χ2n) is 7.53. The summed E-state index contributed by atoms with van der Waals surface area (Å²) in [6.07, 6.45) is 9.39. The first-order valence-corrected chi connectivity index (χ1v) is 9.37. The van der Waals surface area contributed by atoms with Crippen LogP contribution in [0, 0.1) is 17.7 Å². The highest BCUT2D eigenvalue weighted by atomic mass is 19.1. The van der Waals surface area contributed by atoms with Gasteiger partial charge < -0.3 is 11.1 Å². The fraction of sp³-hybridized carbons (Fsp3) is 0.364. The standard InChI is InChI=1S/C22H22FN3O/c23-20-18(21(24)27)7-4-16(3-2-15-8-12-25-13-9-15)19(20)14-22(10-1-11-22)26-17-5-6-17/h4,7-9,12-13,17,26H,1,5-6,10-11,14H2,(H2,24,27). The minimum Gasteiger partial charge on any atom is -0.366 e. The van der Waals surface area contributed by atoms with Crippen LogP contribution in [-0.4, -0.2) is 22.5 Å². The lowest BCUT2D eigenvalue weighted by Crippen LogP contribution is -2.53. The van der Waals surface area contributed by atoms with Crippen LogP contribution >= 0.6 is 0 Å². The fourth-order valence-corrected chi connectivity index (χ4v) is 3.65. The van der Waals surface area contributed by atoms with Crippen LogP contribution in [0.1, 0.15) is 59.2 Å². The van der Waals surface area contributed by atoms with Gasteiger partial charge in [0.25, 0.3) is 5.91 Å². The van der Waals surface area contributed by atoms with E-state index >= 15 is 4.39 Å². The molecule has 2 aliphatic carbocycles. The van der Waals surface area contributed by atoms with Crippen molar-refractivity contribution >= 4 is 5.91 Å². The Labute approximate surface area is 158 Å². The third-order valence-electron chi connectivity index (χ3n) is 5.44. The first-order valence-electron chi connectivity index (χ1n) is 9.37. The van der Waals surface area contributed by atoms with Crippen molar-refractivity contribution in [1.29, 1.82) is 0 Å².